The molecule has 232 valence electrons. The van der Waals surface area contributed by atoms with E-state index in [1.807, 2.05) is 44.2 Å². The molecule has 4 N–H and O–H groups in total. The van der Waals surface area contributed by atoms with Crippen molar-refractivity contribution >= 4 is 16.1 Å². The highest BCUT2D eigenvalue weighted by Crippen LogP contribution is 2.33. The minimum absolute atomic E-state index is 0.0387. The van der Waals surface area contributed by atoms with E-state index in [4.69, 9.17) is 24.7 Å². The Balaban J connectivity index is 1.56. The Morgan fingerprint density at radius 3 is 2.55 bits per heavy atom. The molecule has 2 aliphatic heterocycles. The second-order valence-corrected chi connectivity index (χ2v) is 13.6. The molecule has 0 aliphatic carbocycles. The van der Waals surface area contributed by atoms with E-state index in [0.29, 0.717) is 25.3 Å². The third-order valence-electron chi connectivity index (χ3n) is 7.82. The van der Waals surface area contributed by atoms with E-state index in [-0.39, 0.29) is 43.2 Å². The third-order valence-corrected chi connectivity index (χ3v) is 9.65. The molecule has 2 saturated heterocycles. The molecular weight excluding hydrogens is 562 g/mol. The summed E-state index contributed by atoms with van der Waals surface area (Å²) in [6, 6.07) is 14.6. The lowest BCUT2D eigenvalue weighted by molar-refractivity contribution is -0.0907. The Labute approximate surface area is 248 Å². The van der Waals surface area contributed by atoms with E-state index in [2.05, 4.69) is 5.32 Å². The summed E-state index contributed by atoms with van der Waals surface area (Å²) in [5, 5.41) is 14.4. The predicted octanol–water partition coefficient (Wildman–Crippen LogP) is 2.52. The predicted molar refractivity (Wildman–Crippen MR) is 156 cm³/mol. The number of nitrogens with two attached hydrogens (primary N) is 1. The first-order valence-corrected chi connectivity index (χ1v) is 15.7. The van der Waals surface area contributed by atoms with Crippen molar-refractivity contribution < 1.29 is 37.3 Å². The number of aliphatic hydroxyl groups excluding tert-OH is 1. The monoisotopic (exact) mass is 605 g/mol. The molecule has 2 aliphatic rings. The van der Waals surface area contributed by atoms with Gasteiger partial charge in [0.1, 0.15) is 11.9 Å². The molecule has 0 spiro atoms. The molecule has 0 bridgehead atoms. The first kappa shape index (κ1) is 32.2. The van der Waals surface area contributed by atoms with Crippen molar-refractivity contribution in [1.82, 2.24) is 9.62 Å². The fourth-order valence-electron chi connectivity index (χ4n) is 5.45. The number of ether oxygens (including phenoxy) is 4. The highest BCUT2D eigenvalue weighted by atomic mass is 32.2. The van der Waals surface area contributed by atoms with E-state index in [1.165, 1.54) is 23.5 Å². The van der Waals surface area contributed by atoms with Gasteiger partial charge in [-0.25, -0.2) is 13.2 Å². The molecule has 1 amide bonds. The maximum atomic E-state index is 13.9. The van der Waals surface area contributed by atoms with Gasteiger partial charge < -0.3 is 35.1 Å². The lowest BCUT2D eigenvalue weighted by Gasteiger charge is -2.35. The molecule has 0 aromatic heterocycles. The van der Waals surface area contributed by atoms with Crippen molar-refractivity contribution in [3.63, 3.8) is 0 Å². The minimum atomic E-state index is -4.03. The van der Waals surface area contributed by atoms with Gasteiger partial charge in [-0.15, -0.1) is 0 Å². The number of sulfonamides is 1. The van der Waals surface area contributed by atoms with Gasteiger partial charge in [-0.3, -0.25) is 0 Å². The van der Waals surface area contributed by atoms with Crippen molar-refractivity contribution in [2.45, 2.75) is 62.5 Å². The van der Waals surface area contributed by atoms with E-state index in [0.717, 1.165) is 12.0 Å². The van der Waals surface area contributed by atoms with Gasteiger partial charge in [-0.1, -0.05) is 44.2 Å². The second-order valence-electron chi connectivity index (χ2n) is 11.7. The summed E-state index contributed by atoms with van der Waals surface area (Å²) < 4.78 is 51.0. The van der Waals surface area contributed by atoms with E-state index in [9.17, 15) is 18.3 Å². The first-order valence-electron chi connectivity index (χ1n) is 14.3. The maximum Gasteiger partial charge on any atom is 0.407 e. The number of nitrogens with zero attached hydrogens (tertiary/aromatic N) is 1. The molecule has 2 aromatic carbocycles. The maximum absolute atomic E-state index is 13.9. The number of alkyl carbamates (subject to hydrolysis) is 1. The van der Waals surface area contributed by atoms with Gasteiger partial charge in [0.15, 0.2) is 6.29 Å². The van der Waals surface area contributed by atoms with Crippen LogP contribution >= 0.6 is 0 Å². The van der Waals surface area contributed by atoms with Crippen LogP contribution < -0.4 is 15.8 Å². The van der Waals surface area contributed by atoms with Gasteiger partial charge in [0.05, 0.1) is 43.3 Å². The third kappa shape index (κ3) is 8.21. The van der Waals surface area contributed by atoms with Crippen LogP contribution in [0.25, 0.3) is 0 Å². The highest BCUT2D eigenvalue weighted by Gasteiger charge is 2.44. The molecule has 5 atom stereocenters. The summed E-state index contributed by atoms with van der Waals surface area (Å²) in [5.41, 5.74) is 6.21. The van der Waals surface area contributed by atoms with Gasteiger partial charge >= 0.3 is 6.09 Å². The van der Waals surface area contributed by atoms with Crippen LogP contribution in [0.4, 0.5) is 4.79 Å². The van der Waals surface area contributed by atoms with Gasteiger partial charge in [0.2, 0.25) is 10.0 Å². The lowest BCUT2D eigenvalue weighted by Crippen LogP contribution is -2.52. The van der Waals surface area contributed by atoms with Crippen molar-refractivity contribution in [3.05, 3.63) is 60.2 Å². The normalized spacial score (nSPS) is 22.0. The zero-order valence-corrected chi connectivity index (χ0v) is 25.3. The van der Waals surface area contributed by atoms with Gasteiger partial charge in [0, 0.05) is 13.1 Å². The Bertz CT molecular complexity index is 1260. The molecule has 2 fully saturated rings. The number of benzene rings is 2. The molecule has 11 nitrogen and oxygen atoms in total. The number of fused-ring (bicyclic) bond motifs is 1. The fraction of sp³-hybridized carbons (Fsp3) is 0.567. The van der Waals surface area contributed by atoms with Crippen LogP contribution in [0.1, 0.15) is 32.3 Å². The summed E-state index contributed by atoms with van der Waals surface area (Å²) in [7, 11) is -2.53. The number of methoxy groups -OCH3 is 1. The number of hydrogen-bond acceptors (Lipinski definition) is 9. The van der Waals surface area contributed by atoms with Gasteiger partial charge in [0.25, 0.3) is 0 Å². The van der Waals surface area contributed by atoms with Crippen LogP contribution in [-0.4, -0.2) is 88.4 Å². The van der Waals surface area contributed by atoms with E-state index < -0.39 is 39.8 Å². The van der Waals surface area contributed by atoms with Crippen LogP contribution in [0.15, 0.2) is 59.5 Å². The first-order chi connectivity index (χ1) is 20.0. The van der Waals surface area contributed by atoms with Crippen LogP contribution in [-0.2, 0) is 30.7 Å². The Kier molecular flexibility index (Phi) is 10.8. The summed E-state index contributed by atoms with van der Waals surface area (Å²) in [6.45, 7) is 4.89. The topological polar surface area (TPSA) is 150 Å². The van der Waals surface area contributed by atoms with Crippen LogP contribution in [0.5, 0.6) is 5.75 Å². The average molecular weight is 606 g/mol. The zero-order chi connectivity index (χ0) is 30.3. The lowest BCUT2D eigenvalue weighted by atomic mass is 9.89. The zero-order valence-electron chi connectivity index (χ0n) is 24.5. The molecule has 5 unspecified atom stereocenters. The summed E-state index contributed by atoms with van der Waals surface area (Å²) in [6.07, 6.45) is -1.24. The minimum Gasteiger partial charge on any atom is -0.497 e. The fourth-order valence-corrected chi connectivity index (χ4v) is 7.10. The quantitative estimate of drug-likeness (QED) is 0.295. The number of carbonyl (C=O) groups excluding carboxylic acids is 1. The summed E-state index contributed by atoms with van der Waals surface area (Å²) in [4.78, 5) is 13.1. The number of nitrogens with one attached hydrogen (secondary N) is 1. The van der Waals surface area contributed by atoms with Gasteiger partial charge in [-0.2, -0.15) is 4.31 Å². The van der Waals surface area contributed by atoms with Crippen molar-refractivity contribution in [3.8, 4) is 5.75 Å². The van der Waals surface area contributed by atoms with Crippen molar-refractivity contribution in [2.75, 3.05) is 40.0 Å². The Morgan fingerprint density at radius 1 is 1.17 bits per heavy atom. The number of aliphatic hydroxyl groups is 1. The van der Waals surface area contributed by atoms with Crippen LogP contribution in [0.2, 0.25) is 0 Å². The van der Waals surface area contributed by atoms with E-state index in [1.54, 1.807) is 12.1 Å². The Morgan fingerprint density at radius 2 is 1.88 bits per heavy atom. The molecular formula is C30H43N3O8S. The standard InChI is InChI=1S/C30H43N3O8S/c1-30(2,14-15-31)20-33(42(36,37)23-11-9-22(38-3)10-12-23)18-26(34)25(17-21-7-5-4-6-8-21)32-29(35)41-27-19-40-28-24(27)13-16-39-28/h4-12,24-28,34H,13-20,31H2,1-3H3,(H,32,35). The smallest absolute Gasteiger partial charge is 0.407 e. The van der Waals surface area contributed by atoms with Crippen LogP contribution in [0, 0.1) is 11.3 Å². The number of rotatable bonds is 14. The molecule has 0 radical (unpaired) electrons. The largest absolute Gasteiger partial charge is 0.497 e. The van der Waals surface area contributed by atoms with Crippen LogP contribution in [0.3, 0.4) is 0 Å². The summed E-state index contributed by atoms with van der Waals surface area (Å²) >= 11 is 0. The number of carbonyl (C=O) groups is 1. The Hall–Kier alpha value is -2.74. The van der Waals surface area contributed by atoms with Crippen molar-refractivity contribution in [2.24, 2.45) is 17.1 Å². The highest BCUT2D eigenvalue weighted by molar-refractivity contribution is 7.89. The summed E-state index contributed by atoms with van der Waals surface area (Å²) in [5.74, 6) is 0.487. The van der Waals surface area contributed by atoms with Crippen molar-refractivity contribution in [1.29, 1.82) is 0 Å². The SMILES string of the molecule is COc1ccc(S(=O)(=O)N(CC(O)C(Cc2ccccc2)NC(=O)OC2COC3OCCC23)CC(C)(C)CCN)cc1. The molecule has 42 heavy (non-hydrogen) atoms. The molecule has 2 aromatic rings. The second kappa shape index (κ2) is 14.2. The number of amides is 1. The molecule has 4 rings (SSSR count). The number of hydrogen-bond donors (Lipinski definition) is 3. The average Bonchev–Trinajstić information content (AvgIpc) is 3.58. The molecule has 0 saturated carbocycles. The van der Waals surface area contributed by atoms with E-state index >= 15 is 0 Å². The molecule has 2 heterocycles. The van der Waals surface area contributed by atoms with Gasteiger partial charge in [-0.05, 0) is 61.1 Å². The molecule has 12 heteroatoms.